The maximum Gasteiger partial charge on any atom is 0.196 e. The predicted molar refractivity (Wildman–Crippen MR) is 70.3 cm³/mol. The molecule has 1 fully saturated rings. The predicted octanol–water partition coefficient (Wildman–Crippen LogP) is 0.896. The van der Waals surface area contributed by atoms with Crippen molar-refractivity contribution in [2.45, 2.75) is 12.0 Å². The summed E-state index contributed by atoms with van der Waals surface area (Å²) in [5.41, 5.74) is 7.31. The van der Waals surface area contributed by atoms with Crippen molar-refractivity contribution in [3.63, 3.8) is 0 Å². The highest BCUT2D eigenvalue weighted by atomic mass is 15.4. The molecule has 0 aromatic heterocycles. The Bertz CT molecular complexity index is 442. The molecule has 1 unspecified atom stereocenters. The van der Waals surface area contributed by atoms with Crippen LogP contribution in [0.4, 0.5) is 5.69 Å². The molecule has 3 rings (SSSR count). The Labute approximate surface area is 102 Å². The first-order chi connectivity index (χ1) is 8.21. The lowest BCUT2D eigenvalue weighted by Crippen LogP contribution is -2.53. The highest BCUT2D eigenvalue weighted by Crippen LogP contribution is 2.35. The van der Waals surface area contributed by atoms with Crippen molar-refractivity contribution in [1.29, 1.82) is 0 Å². The Hall–Kier alpha value is -1.55. The van der Waals surface area contributed by atoms with E-state index in [1.807, 2.05) is 18.2 Å². The molecule has 2 aliphatic rings. The molecule has 17 heavy (non-hydrogen) atoms. The van der Waals surface area contributed by atoms with Crippen molar-refractivity contribution in [2.24, 2.45) is 10.7 Å². The Kier molecular flexibility index (Phi) is 2.33. The second kappa shape index (κ2) is 3.74. The Morgan fingerprint density at radius 1 is 1.29 bits per heavy atom. The molecule has 2 N–H and O–H groups in total. The van der Waals surface area contributed by atoms with Crippen molar-refractivity contribution in [2.75, 3.05) is 31.6 Å². The SMILES string of the molecule is CN1CCC2(CN=C(N)N2c2ccccc2)C1. The largest absolute Gasteiger partial charge is 0.369 e. The first kappa shape index (κ1) is 10.6. The van der Waals surface area contributed by atoms with Crippen LogP contribution in [0.25, 0.3) is 0 Å². The van der Waals surface area contributed by atoms with Crippen molar-refractivity contribution in [1.82, 2.24) is 4.90 Å². The molecule has 90 valence electrons. The molecule has 1 spiro atoms. The van der Waals surface area contributed by atoms with E-state index in [9.17, 15) is 0 Å². The molecule has 1 atom stereocenters. The fraction of sp³-hybridized carbons (Fsp3) is 0.462. The van der Waals surface area contributed by atoms with Crippen LogP contribution in [-0.4, -0.2) is 43.1 Å². The summed E-state index contributed by atoms with van der Waals surface area (Å²) >= 11 is 0. The molecule has 2 aliphatic heterocycles. The summed E-state index contributed by atoms with van der Waals surface area (Å²) in [4.78, 5) is 9.03. The van der Waals surface area contributed by atoms with E-state index in [0.717, 1.165) is 31.7 Å². The Morgan fingerprint density at radius 2 is 2.06 bits per heavy atom. The van der Waals surface area contributed by atoms with Gasteiger partial charge < -0.3 is 15.5 Å². The second-order valence-electron chi connectivity index (χ2n) is 5.06. The van der Waals surface area contributed by atoms with E-state index in [-0.39, 0.29) is 5.54 Å². The van der Waals surface area contributed by atoms with Crippen LogP contribution >= 0.6 is 0 Å². The molecule has 0 bridgehead atoms. The van der Waals surface area contributed by atoms with Gasteiger partial charge in [-0.3, -0.25) is 4.99 Å². The molecular formula is C13H18N4. The van der Waals surface area contributed by atoms with Gasteiger partial charge in [0.05, 0.1) is 12.1 Å². The minimum atomic E-state index is 0.0835. The van der Waals surface area contributed by atoms with E-state index in [1.165, 1.54) is 0 Å². The van der Waals surface area contributed by atoms with Crippen molar-refractivity contribution in [3.05, 3.63) is 30.3 Å². The quantitative estimate of drug-likeness (QED) is 0.779. The fourth-order valence-electron chi connectivity index (χ4n) is 2.97. The zero-order valence-corrected chi connectivity index (χ0v) is 10.1. The first-order valence-electron chi connectivity index (χ1n) is 6.05. The standard InChI is InChI=1S/C13H18N4/c1-16-8-7-13(10-16)9-15-12(14)17(13)11-5-3-2-4-6-11/h2-6H,7-10H2,1H3,(H2,14,15). The summed E-state index contributed by atoms with van der Waals surface area (Å²) in [6.07, 6.45) is 1.13. The number of nitrogens with two attached hydrogens (primary N) is 1. The number of rotatable bonds is 1. The molecule has 2 heterocycles. The molecule has 0 amide bonds. The van der Waals surface area contributed by atoms with Crippen molar-refractivity contribution in [3.8, 4) is 0 Å². The molecule has 1 saturated heterocycles. The maximum atomic E-state index is 6.07. The molecule has 0 radical (unpaired) electrons. The normalized spacial score (nSPS) is 29.0. The third-order valence-electron chi connectivity index (χ3n) is 3.78. The van der Waals surface area contributed by atoms with Crippen LogP contribution in [0.5, 0.6) is 0 Å². The average molecular weight is 230 g/mol. The average Bonchev–Trinajstić information content (AvgIpc) is 2.85. The van der Waals surface area contributed by atoms with Gasteiger partial charge in [-0.1, -0.05) is 18.2 Å². The number of hydrogen-bond acceptors (Lipinski definition) is 4. The number of likely N-dealkylation sites (N-methyl/N-ethyl adjacent to an activating group) is 1. The fourth-order valence-corrected chi connectivity index (χ4v) is 2.97. The van der Waals surface area contributed by atoms with E-state index in [2.05, 4.69) is 34.0 Å². The molecule has 0 aliphatic carbocycles. The Balaban J connectivity index is 1.98. The summed E-state index contributed by atoms with van der Waals surface area (Å²) < 4.78 is 0. The summed E-state index contributed by atoms with van der Waals surface area (Å²) in [5, 5.41) is 0. The molecule has 0 saturated carbocycles. The number of nitrogens with zero attached hydrogens (tertiary/aromatic N) is 3. The summed E-state index contributed by atoms with van der Waals surface area (Å²) in [6, 6.07) is 10.3. The number of likely N-dealkylation sites (tertiary alicyclic amines) is 1. The van der Waals surface area contributed by atoms with Gasteiger partial charge in [-0.15, -0.1) is 0 Å². The van der Waals surface area contributed by atoms with Crippen molar-refractivity contribution < 1.29 is 0 Å². The van der Waals surface area contributed by atoms with Crippen LogP contribution in [0.15, 0.2) is 35.3 Å². The summed E-state index contributed by atoms with van der Waals surface area (Å²) in [7, 11) is 2.16. The van der Waals surface area contributed by atoms with Gasteiger partial charge >= 0.3 is 0 Å². The highest BCUT2D eigenvalue weighted by Gasteiger charge is 2.46. The second-order valence-corrected chi connectivity index (χ2v) is 5.06. The minimum absolute atomic E-state index is 0.0835. The number of anilines is 1. The van der Waals surface area contributed by atoms with E-state index < -0.39 is 0 Å². The third kappa shape index (κ3) is 1.60. The van der Waals surface area contributed by atoms with Crippen molar-refractivity contribution >= 4 is 11.6 Å². The van der Waals surface area contributed by atoms with Gasteiger partial charge in [-0.25, -0.2) is 0 Å². The van der Waals surface area contributed by atoms with Gasteiger partial charge in [0.25, 0.3) is 0 Å². The lowest BCUT2D eigenvalue weighted by molar-refractivity contribution is 0.379. The highest BCUT2D eigenvalue weighted by molar-refractivity contribution is 5.98. The van der Waals surface area contributed by atoms with Gasteiger partial charge in [0.2, 0.25) is 0 Å². The Morgan fingerprint density at radius 3 is 2.71 bits per heavy atom. The van der Waals surface area contributed by atoms with Gasteiger partial charge in [0.1, 0.15) is 0 Å². The van der Waals surface area contributed by atoms with Gasteiger partial charge in [0.15, 0.2) is 5.96 Å². The van der Waals surface area contributed by atoms with E-state index in [1.54, 1.807) is 0 Å². The zero-order valence-electron chi connectivity index (χ0n) is 10.1. The summed E-state index contributed by atoms with van der Waals surface area (Å²) in [5.74, 6) is 0.659. The smallest absolute Gasteiger partial charge is 0.196 e. The van der Waals surface area contributed by atoms with E-state index in [4.69, 9.17) is 5.73 Å². The van der Waals surface area contributed by atoms with Crippen LogP contribution in [0.2, 0.25) is 0 Å². The first-order valence-corrected chi connectivity index (χ1v) is 6.05. The van der Waals surface area contributed by atoms with Crippen LogP contribution in [0.3, 0.4) is 0 Å². The topological polar surface area (TPSA) is 44.9 Å². The lowest BCUT2D eigenvalue weighted by Gasteiger charge is -2.35. The minimum Gasteiger partial charge on any atom is -0.369 e. The molecule has 1 aromatic rings. The number of para-hydroxylation sites is 1. The number of guanidine groups is 1. The van der Waals surface area contributed by atoms with E-state index in [0.29, 0.717) is 5.96 Å². The third-order valence-corrected chi connectivity index (χ3v) is 3.78. The zero-order chi connectivity index (χ0) is 11.9. The molecule has 4 nitrogen and oxygen atoms in total. The van der Waals surface area contributed by atoms with Crippen LogP contribution in [0, 0.1) is 0 Å². The maximum absolute atomic E-state index is 6.07. The number of benzene rings is 1. The van der Waals surface area contributed by atoms with Crippen LogP contribution < -0.4 is 10.6 Å². The number of hydrogen-bond donors (Lipinski definition) is 1. The van der Waals surface area contributed by atoms with Gasteiger partial charge in [-0.05, 0) is 25.6 Å². The molecule has 4 heteroatoms. The molecular weight excluding hydrogens is 212 g/mol. The summed E-state index contributed by atoms with van der Waals surface area (Å²) in [6.45, 7) is 2.97. The van der Waals surface area contributed by atoms with E-state index >= 15 is 0 Å². The monoisotopic (exact) mass is 230 g/mol. The van der Waals surface area contributed by atoms with Crippen LogP contribution in [-0.2, 0) is 0 Å². The van der Waals surface area contributed by atoms with Gasteiger partial charge in [0, 0.05) is 18.8 Å². The lowest BCUT2D eigenvalue weighted by atomic mass is 9.97. The number of aliphatic imine (C=N–C) groups is 1. The van der Waals surface area contributed by atoms with Crippen LogP contribution in [0.1, 0.15) is 6.42 Å². The molecule has 1 aromatic carbocycles. The van der Waals surface area contributed by atoms with Gasteiger partial charge in [-0.2, -0.15) is 0 Å².